The molecule has 0 aromatic carbocycles. The van der Waals surface area contributed by atoms with Gasteiger partial charge in [0.05, 0.1) is 11.8 Å². The average Bonchev–Trinajstić information content (AvgIpc) is 2.74. The van der Waals surface area contributed by atoms with Gasteiger partial charge in [-0.1, -0.05) is 27.7 Å². The summed E-state index contributed by atoms with van der Waals surface area (Å²) in [6, 6.07) is 0. The van der Waals surface area contributed by atoms with Crippen LogP contribution in [0.3, 0.4) is 0 Å². The zero-order valence-corrected chi connectivity index (χ0v) is 17.2. The van der Waals surface area contributed by atoms with Crippen molar-refractivity contribution in [2.24, 2.45) is 17.3 Å². The second kappa shape index (κ2) is 6.24. The number of ether oxygens (including phenoxy) is 3. The topological polar surface area (TPSA) is 78.9 Å². The first-order valence-corrected chi connectivity index (χ1v) is 9.30. The summed E-state index contributed by atoms with van der Waals surface area (Å²) in [5, 5.41) is 0. The third-order valence-electron chi connectivity index (χ3n) is 6.20. The molecule has 0 aromatic rings. The summed E-state index contributed by atoms with van der Waals surface area (Å²) in [5.74, 6) is -1.78. The molecule has 0 N–H and O–H groups in total. The molecule has 26 heavy (non-hydrogen) atoms. The Hall–Kier alpha value is -1.59. The lowest BCUT2D eigenvalue weighted by Crippen LogP contribution is -2.57. The smallest absolute Gasteiger partial charge is 0.350 e. The van der Waals surface area contributed by atoms with Crippen molar-refractivity contribution in [3.8, 4) is 0 Å². The monoisotopic (exact) mass is 368 g/mol. The van der Waals surface area contributed by atoms with E-state index in [-0.39, 0.29) is 23.2 Å². The summed E-state index contributed by atoms with van der Waals surface area (Å²) < 4.78 is 16.8. The summed E-state index contributed by atoms with van der Waals surface area (Å²) in [6.07, 6.45) is 1.70. The van der Waals surface area contributed by atoms with Crippen LogP contribution in [0.15, 0.2) is 0 Å². The number of esters is 3. The second-order valence-corrected chi connectivity index (χ2v) is 9.73. The Morgan fingerprint density at radius 2 is 1.77 bits per heavy atom. The Labute approximate surface area is 155 Å². The average molecular weight is 368 g/mol. The lowest BCUT2D eigenvalue weighted by molar-refractivity contribution is -0.215. The molecule has 2 bridgehead atoms. The Morgan fingerprint density at radius 1 is 1.19 bits per heavy atom. The first kappa shape index (κ1) is 20.7. The minimum Gasteiger partial charge on any atom is -0.455 e. The molecule has 2 fully saturated rings. The van der Waals surface area contributed by atoms with Gasteiger partial charge >= 0.3 is 17.9 Å². The SMILES string of the molecule is CC(C(=O)OC(C)(C)C(=O)OC1(C)CCC2CC1(C)OC2=O)C(C)(C)C. The van der Waals surface area contributed by atoms with Crippen molar-refractivity contribution in [2.45, 2.75) is 91.5 Å². The normalized spacial score (nSPS) is 32.6. The number of rotatable bonds is 4. The number of hydrogen-bond donors (Lipinski definition) is 0. The Balaban J connectivity index is 2.10. The highest BCUT2D eigenvalue weighted by Gasteiger charge is 2.61. The number of hydrogen-bond acceptors (Lipinski definition) is 6. The summed E-state index contributed by atoms with van der Waals surface area (Å²) in [6.45, 7) is 14.3. The molecule has 1 aliphatic carbocycles. The minimum atomic E-state index is -1.42. The predicted molar refractivity (Wildman–Crippen MR) is 95.1 cm³/mol. The maximum absolute atomic E-state index is 12.8. The molecule has 4 atom stereocenters. The van der Waals surface area contributed by atoms with E-state index in [0.29, 0.717) is 19.3 Å². The molecule has 2 aliphatic rings. The fraction of sp³-hybridized carbons (Fsp3) is 0.850. The van der Waals surface area contributed by atoms with Crippen LogP contribution in [0.25, 0.3) is 0 Å². The number of fused-ring (bicyclic) bond motifs is 2. The Bertz CT molecular complexity index is 616. The summed E-state index contributed by atoms with van der Waals surface area (Å²) in [7, 11) is 0. The van der Waals surface area contributed by atoms with E-state index in [1.165, 1.54) is 13.8 Å². The Morgan fingerprint density at radius 3 is 2.31 bits per heavy atom. The second-order valence-electron chi connectivity index (χ2n) is 9.73. The van der Waals surface area contributed by atoms with Crippen LogP contribution >= 0.6 is 0 Å². The molecule has 0 aromatic heterocycles. The maximum atomic E-state index is 12.8. The zero-order valence-electron chi connectivity index (χ0n) is 17.2. The van der Waals surface area contributed by atoms with Gasteiger partial charge in [0.2, 0.25) is 5.60 Å². The van der Waals surface area contributed by atoms with Gasteiger partial charge in [0, 0.05) is 6.42 Å². The van der Waals surface area contributed by atoms with Crippen LogP contribution in [0.2, 0.25) is 0 Å². The molecule has 2 rings (SSSR count). The lowest BCUT2D eigenvalue weighted by atomic mass is 9.71. The molecular weight excluding hydrogens is 336 g/mol. The highest BCUT2D eigenvalue weighted by Crippen LogP contribution is 2.50. The minimum absolute atomic E-state index is 0.120. The van der Waals surface area contributed by atoms with Gasteiger partial charge in [-0.25, -0.2) is 4.79 Å². The standard InChI is InChI=1S/C20H32O6/c1-12(17(2,3)4)14(21)24-18(5,6)16(23)26-19(7)10-9-13-11-20(19,8)25-15(13)22/h12-13H,9-11H2,1-8H3. The first-order valence-electron chi connectivity index (χ1n) is 9.30. The molecule has 0 spiro atoms. The Kier molecular flexibility index (Phi) is 4.97. The van der Waals surface area contributed by atoms with Crippen molar-refractivity contribution in [2.75, 3.05) is 0 Å². The van der Waals surface area contributed by atoms with E-state index in [2.05, 4.69) is 0 Å². The maximum Gasteiger partial charge on any atom is 0.350 e. The lowest BCUT2D eigenvalue weighted by Gasteiger charge is -2.45. The molecule has 1 saturated carbocycles. The summed E-state index contributed by atoms with van der Waals surface area (Å²) >= 11 is 0. The van der Waals surface area contributed by atoms with Crippen LogP contribution in [0.5, 0.6) is 0 Å². The molecular formula is C20H32O6. The van der Waals surface area contributed by atoms with E-state index >= 15 is 0 Å². The van der Waals surface area contributed by atoms with E-state index in [4.69, 9.17) is 14.2 Å². The van der Waals surface area contributed by atoms with Crippen LogP contribution in [-0.4, -0.2) is 34.7 Å². The number of carbonyl (C=O) groups is 3. The van der Waals surface area contributed by atoms with Gasteiger partial charge in [0.15, 0.2) is 0 Å². The predicted octanol–water partition coefficient (Wildman–Crippen LogP) is 3.41. The summed E-state index contributed by atoms with van der Waals surface area (Å²) in [5.41, 5.74) is -3.48. The van der Waals surface area contributed by atoms with Gasteiger partial charge in [-0.15, -0.1) is 0 Å². The first-order chi connectivity index (χ1) is 11.6. The zero-order chi connectivity index (χ0) is 20.1. The van der Waals surface area contributed by atoms with Crippen molar-refractivity contribution in [1.82, 2.24) is 0 Å². The van der Waals surface area contributed by atoms with Gasteiger partial charge < -0.3 is 14.2 Å². The van der Waals surface area contributed by atoms with E-state index in [9.17, 15) is 14.4 Å². The highest BCUT2D eigenvalue weighted by atomic mass is 16.6. The molecule has 1 heterocycles. The van der Waals surface area contributed by atoms with Gasteiger partial charge in [0.1, 0.15) is 11.2 Å². The van der Waals surface area contributed by atoms with Crippen molar-refractivity contribution in [3.63, 3.8) is 0 Å². The van der Waals surface area contributed by atoms with Crippen molar-refractivity contribution in [3.05, 3.63) is 0 Å². The van der Waals surface area contributed by atoms with Gasteiger partial charge in [0.25, 0.3) is 0 Å². The van der Waals surface area contributed by atoms with Crippen LogP contribution in [0.1, 0.15) is 74.7 Å². The van der Waals surface area contributed by atoms with Gasteiger partial charge in [-0.05, 0) is 46.0 Å². The summed E-state index contributed by atoms with van der Waals surface area (Å²) in [4.78, 5) is 37.1. The van der Waals surface area contributed by atoms with Crippen LogP contribution in [0, 0.1) is 17.3 Å². The van der Waals surface area contributed by atoms with E-state index in [1.54, 1.807) is 20.8 Å². The fourth-order valence-corrected chi connectivity index (χ4v) is 3.38. The van der Waals surface area contributed by atoms with Crippen molar-refractivity contribution < 1.29 is 28.6 Å². The quantitative estimate of drug-likeness (QED) is 0.559. The number of carbonyl (C=O) groups excluding carboxylic acids is 3. The fourth-order valence-electron chi connectivity index (χ4n) is 3.38. The molecule has 1 saturated heterocycles. The van der Waals surface area contributed by atoms with E-state index in [0.717, 1.165) is 0 Å². The van der Waals surface area contributed by atoms with Crippen molar-refractivity contribution >= 4 is 17.9 Å². The third-order valence-corrected chi connectivity index (χ3v) is 6.20. The van der Waals surface area contributed by atoms with Crippen LogP contribution < -0.4 is 0 Å². The molecule has 4 unspecified atom stereocenters. The van der Waals surface area contributed by atoms with Crippen molar-refractivity contribution in [1.29, 1.82) is 0 Å². The molecule has 148 valence electrons. The molecule has 0 amide bonds. The van der Waals surface area contributed by atoms with E-state index < -0.39 is 28.7 Å². The molecule has 6 nitrogen and oxygen atoms in total. The third kappa shape index (κ3) is 3.60. The van der Waals surface area contributed by atoms with Crippen LogP contribution in [-0.2, 0) is 28.6 Å². The van der Waals surface area contributed by atoms with Gasteiger partial charge in [-0.2, -0.15) is 0 Å². The van der Waals surface area contributed by atoms with Crippen LogP contribution in [0.4, 0.5) is 0 Å². The molecule has 0 radical (unpaired) electrons. The molecule has 6 heteroatoms. The largest absolute Gasteiger partial charge is 0.455 e. The molecule has 1 aliphatic heterocycles. The highest BCUT2D eigenvalue weighted by molar-refractivity contribution is 5.84. The van der Waals surface area contributed by atoms with Gasteiger partial charge in [-0.3, -0.25) is 9.59 Å². The van der Waals surface area contributed by atoms with E-state index in [1.807, 2.05) is 20.8 Å².